The smallest absolute Gasteiger partial charge is 0.272 e. The van der Waals surface area contributed by atoms with Crippen molar-refractivity contribution in [1.82, 2.24) is 10.5 Å². The molecule has 3 amide bonds. The average molecular weight is 581 g/mol. The van der Waals surface area contributed by atoms with Crippen LogP contribution in [0.5, 0.6) is 0 Å². The Kier molecular flexibility index (Phi) is 9.43. The second-order valence-electron chi connectivity index (χ2n) is 8.16. The summed E-state index contributed by atoms with van der Waals surface area (Å²) in [6, 6.07) is 22.1. The van der Waals surface area contributed by atoms with Gasteiger partial charge >= 0.3 is 0 Å². The monoisotopic (exact) mass is 580 g/mol. The van der Waals surface area contributed by atoms with Gasteiger partial charge in [-0.1, -0.05) is 64.8 Å². The van der Waals surface area contributed by atoms with E-state index in [0.717, 1.165) is 4.90 Å². The van der Waals surface area contributed by atoms with Crippen molar-refractivity contribution in [2.24, 2.45) is 0 Å². The van der Waals surface area contributed by atoms with Gasteiger partial charge in [0, 0.05) is 22.2 Å². The lowest BCUT2D eigenvalue weighted by molar-refractivity contribution is -0.114. The van der Waals surface area contributed by atoms with Gasteiger partial charge in [-0.05, 0) is 55.0 Å². The molecule has 0 saturated carbocycles. The minimum Gasteiger partial charge on any atom is -0.360 e. The number of aromatic nitrogens is 1. The summed E-state index contributed by atoms with van der Waals surface area (Å²) in [4.78, 5) is 39.1. The minimum atomic E-state index is -0.573. The van der Waals surface area contributed by atoms with Crippen molar-refractivity contribution in [1.29, 1.82) is 0 Å². The number of nitrogens with zero attached hydrogens (tertiary/aromatic N) is 1. The van der Waals surface area contributed by atoms with E-state index in [1.165, 1.54) is 17.8 Å². The average Bonchev–Trinajstić information content (AvgIpc) is 3.34. The van der Waals surface area contributed by atoms with Crippen LogP contribution in [0, 0.1) is 6.92 Å². The second-order valence-corrected chi connectivity index (χ2v) is 10.00. The first-order valence-corrected chi connectivity index (χ1v) is 13.3. The van der Waals surface area contributed by atoms with Crippen LogP contribution in [0.15, 0.2) is 94.0 Å². The molecule has 0 aliphatic carbocycles. The maximum Gasteiger partial charge on any atom is 0.272 e. The second kappa shape index (κ2) is 13.1. The van der Waals surface area contributed by atoms with Crippen molar-refractivity contribution in [2.75, 3.05) is 16.4 Å². The SMILES string of the molecule is Cc1cc(NC(=O)CSc2cccc(NC(=O)/C(=C\c3cccc(Cl)c3Cl)NC(=O)c3ccccc3)c2)no1. The molecule has 4 rings (SSSR count). The molecule has 11 heteroatoms. The summed E-state index contributed by atoms with van der Waals surface area (Å²) in [5.74, 6) is -0.239. The predicted molar refractivity (Wildman–Crippen MR) is 154 cm³/mol. The number of rotatable bonds is 9. The van der Waals surface area contributed by atoms with Gasteiger partial charge in [0.25, 0.3) is 11.8 Å². The molecule has 3 N–H and O–H groups in total. The molecular weight excluding hydrogens is 559 g/mol. The molecule has 0 fully saturated rings. The van der Waals surface area contributed by atoms with Gasteiger partial charge in [-0.3, -0.25) is 14.4 Å². The van der Waals surface area contributed by atoms with Gasteiger partial charge in [-0.2, -0.15) is 0 Å². The highest BCUT2D eigenvalue weighted by Gasteiger charge is 2.17. The fraction of sp³-hybridized carbons (Fsp3) is 0.0714. The molecule has 0 spiro atoms. The number of carbonyl (C=O) groups excluding carboxylic acids is 3. The first-order valence-electron chi connectivity index (χ1n) is 11.6. The number of anilines is 2. The van der Waals surface area contributed by atoms with Gasteiger partial charge in [0.15, 0.2) is 5.82 Å². The zero-order valence-electron chi connectivity index (χ0n) is 20.5. The Labute approximate surface area is 238 Å². The number of carbonyl (C=O) groups is 3. The van der Waals surface area contributed by atoms with Crippen LogP contribution in [0.3, 0.4) is 0 Å². The highest BCUT2D eigenvalue weighted by Crippen LogP contribution is 2.27. The lowest BCUT2D eigenvalue weighted by Gasteiger charge is -2.13. The standard InChI is InChI=1S/C28H22Cl2N4O4S/c1-17-13-24(34-38-17)33-25(35)16-39-21-11-6-10-20(15-21)31-28(37)23(14-19-9-5-12-22(29)26(19)30)32-27(36)18-7-3-2-4-8-18/h2-15H,16H2,1H3,(H,31,37)(H,32,36)(H,33,34,35)/b23-14+. The van der Waals surface area contributed by atoms with Crippen LogP contribution in [-0.4, -0.2) is 28.6 Å². The van der Waals surface area contributed by atoms with Gasteiger partial charge in [0.2, 0.25) is 5.91 Å². The van der Waals surface area contributed by atoms with E-state index < -0.39 is 11.8 Å². The van der Waals surface area contributed by atoms with Crippen molar-refractivity contribution >= 4 is 70.3 Å². The molecule has 1 heterocycles. The molecule has 39 heavy (non-hydrogen) atoms. The number of hydrogen-bond acceptors (Lipinski definition) is 6. The summed E-state index contributed by atoms with van der Waals surface area (Å²) in [5.41, 5.74) is 1.27. The van der Waals surface area contributed by atoms with Gasteiger partial charge in [-0.15, -0.1) is 11.8 Å². The maximum atomic E-state index is 13.3. The molecule has 3 aromatic carbocycles. The molecule has 0 bridgehead atoms. The summed E-state index contributed by atoms with van der Waals surface area (Å²) >= 11 is 13.7. The zero-order chi connectivity index (χ0) is 27.8. The van der Waals surface area contributed by atoms with Crippen molar-refractivity contribution in [3.8, 4) is 0 Å². The summed E-state index contributed by atoms with van der Waals surface area (Å²) in [5, 5.41) is 12.4. The lowest BCUT2D eigenvalue weighted by Crippen LogP contribution is -2.30. The highest BCUT2D eigenvalue weighted by atomic mass is 35.5. The fourth-order valence-electron chi connectivity index (χ4n) is 3.35. The third-order valence-electron chi connectivity index (χ3n) is 5.17. The highest BCUT2D eigenvalue weighted by molar-refractivity contribution is 8.00. The van der Waals surface area contributed by atoms with Crippen molar-refractivity contribution in [2.45, 2.75) is 11.8 Å². The number of benzene rings is 3. The van der Waals surface area contributed by atoms with E-state index in [-0.39, 0.29) is 22.4 Å². The Morgan fingerprint density at radius 1 is 0.949 bits per heavy atom. The largest absolute Gasteiger partial charge is 0.360 e. The Hall–Kier alpha value is -4.05. The van der Waals surface area contributed by atoms with Crippen LogP contribution in [0.25, 0.3) is 6.08 Å². The predicted octanol–water partition coefficient (Wildman–Crippen LogP) is 6.43. The van der Waals surface area contributed by atoms with Gasteiger partial charge in [-0.25, -0.2) is 0 Å². The molecule has 0 unspecified atom stereocenters. The quantitative estimate of drug-likeness (QED) is 0.155. The molecular formula is C28H22Cl2N4O4S. The minimum absolute atomic E-state index is 0.0339. The van der Waals surface area contributed by atoms with Crippen molar-refractivity contribution in [3.05, 3.63) is 111 Å². The summed E-state index contributed by atoms with van der Waals surface area (Å²) < 4.78 is 4.94. The summed E-state index contributed by atoms with van der Waals surface area (Å²) in [6.45, 7) is 1.73. The Morgan fingerprint density at radius 3 is 2.46 bits per heavy atom. The van der Waals surface area contributed by atoms with Gasteiger partial charge < -0.3 is 20.5 Å². The van der Waals surface area contributed by atoms with E-state index in [1.807, 2.05) is 6.07 Å². The fourth-order valence-corrected chi connectivity index (χ4v) is 4.46. The Balaban J connectivity index is 1.48. The van der Waals surface area contributed by atoms with Crippen molar-refractivity contribution < 1.29 is 18.9 Å². The van der Waals surface area contributed by atoms with E-state index in [9.17, 15) is 14.4 Å². The van der Waals surface area contributed by atoms with Gasteiger partial charge in [0.1, 0.15) is 11.5 Å². The third-order valence-corrected chi connectivity index (χ3v) is 6.99. The molecule has 0 radical (unpaired) electrons. The van der Waals surface area contributed by atoms with Crippen molar-refractivity contribution in [3.63, 3.8) is 0 Å². The lowest BCUT2D eigenvalue weighted by atomic mass is 10.1. The Morgan fingerprint density at radius 2 is 1.72 bits per heavy atom. The van der Waals surface area contributed by atoms with E-state index >= 15 is 0 Å². The molecule has 8 nitrogen and oxygen atoms in total. The number of nitrogens with one attached hydrogen (secondary N) is 3. The third kappa shape index (κ3) is 7.97. The van der Waals surface area contributed by atoms with E-state index in [4.69, 9.17) is 27.7 Å². The normalized spacial score (nSPS) is 11.1. The van der Waals surface area contributed by atoms with Crippen LogP contribution >= 0.6 is 35.0 Å². The van der Waals surface area contributed by atoms with E-state index in [1.54, 1.807) is 79.7 Å². The first-order chi connectivity index (χ1) is 18.8. The van der Waals surface area contributed by atoms with Crippen LogP contribution in [-0.2, 0) is 9.59 Å². The van der Waals surface area contributed by atoms with Crippen LogP contribution < -0.4 is 16.0 Å². The van der Waals surface area contributed by atoms with Crippen LogP contribution in [0.2, 0.25) is 10.0 Å². The van der Waals surface area contributed by atoms with Gasteiger partial charge in [0.05, 0.1) is 15.8 Å². The Bertz CT molecular complexity index is 1540. The van der Waals surface area contributed by atoms with Crippen LogP contribution in [0.1, 0.15) is 21.7 Å². The molecule has 0 aliphatic heterocycles. The first kappa shape index (κ1) is 28.0. The topological polar surface area (TPSA) is 113 Å². The van der Waals surface area contributed by atoms with E-state index in [2.05, 4.69) is 21.1 Å². The molecule has 198 valence electrons. The summed E-state index contributed by atoms with van der Waals surface area (Å²) in [7, 11) is 0. The number of aryl methyl sites for hydroxylation is 1. The number of amides is 3. The zero-order valence-corrected chi connectivity index (χ0v) is 22.9. The molecule has 0 saturated heterocycles. The number of halogens is 2. The molecule has 0 aliphatic rings. The maximum absolute atomic E-state index is 13.3. The van der Waals surface area contributed by atoms with E-state index in [0.29, 0.717) is 33.4 Å². The molecule has 0 atom stereocenters. The molecule has 1 aromatic heterocycles. The summed E-state index contributed by atoms with van der Waals surface area (Å²) in [6.07, 6.45) is 1.46. The number of thioether (sulfide) groups is 1. The molecule has 4 aromatic rings. The van der Waals surface area contributed by atoms with Crippen LogP contribution in [0.4, 0.5) is 11.5 Å². The number of hydrogen-bond donors (Lipinski definition) is 3.